The molecule has 0 aliphatic carbocycles. The van der Waals surface area contributed by atoms with Gasteiger partial charge in [-0.15, -0.1) is 0 Å². The zero-order valence-electron chi connectivity index (χ0n) is 11.5. The molecule has 1 aromatic rings. The molecule has 0 aromatic heterocycles. The summed E-state index contributed by atoms with van der Waals surface area (Å²) in [7, 11) is 3.69. The number of nitrogens with zero attached hydrogens (tertiary/aromatic N) is 1. The van der Waals surface area contributed by atoms with Crippen molar-refractivity contribution >= 4 is 5.91 Å². The van der Waals surface area contributed by atoms with Gasteiger partial charge >= 0.3 is 0 Å². The Hall–Kier alpha value is -1.59. The van der Waals surface area contributed by atoms with Gasteiger partial charge in [0.05, 0.1) is 12.5 Å². The molecule has 5 heteroatoms. The van der Waals surface area contributed by atoms with Gasteiger partial charge in [-0.05, 0) is 39.0 Å². The normalized spacial score (nSPS) is 18.9. The van der Waals surface area contributed by atoms with Crippen LogP contribution in [-0.4, -0.2) is 38.1 Å². The average molecular weight is 263 g/mol. The topological polar surface area (TPSA) is 67.6 Å². The molecule has 0 saturated carbocycles. The number of carbonyl (C=O) groups is 1. The van der Waals surface area contributed by atoms with Crippen molar-refractivity contribution in [2.75, 3.05) is 27.2 Å². The second-order valence-electron chi connectivity index (χ2n) is 5.06. The number of nitrogens with two attached hydrogens (primary N) is 1. The Bertz CT molecular complexity index is 454. The first kappa shape index (κ1) is 13.8. The number of hydrogen-bond acceptors (Lipinski definition) is 4. The number of likely N-dealkylation sites (tertiary alicyclic amines) is 1. The number of carbonyl (C=O) groups excluding carboxylic acids is 1. The minimum absolute atomic E-state index is 0.134. The highest BCUT2D eigenvalue weighted by atomic mass is 16.5. The van der Waals surface area contributed by atoms with Gasteiger partial charge in [0.15, 0.2) is 0 Å². The summed E-state index contributed by atoms with van der Waals surface area (Å²) in [6, 6.07) is 7.69. The smallest absolute Gasteiger partial charge is 0.244 e. The lowest BCUT2D eigenvalue weighted by Gasteiger charge is -2.39. The maximum absolute atomic E-state index is 12.4. The molecule has 0 spiro atoms. The second-order valence-corrected chi connectivity index (χ2v) is 5.06. The maximum atomic E-state index is 12.4. The molecule has 0 unspecified atom stereocenters. The number of para-hydroxylation sites is 1. The van der Waals surface area contributed by atoms with Gasteiger partial charge < -0.3 is 9.64 Å². The van der Waals surface area contributed by atoms with Crippen LogP contribution in [0.25, 0.3) is 0 Å². The predicted octanol–water partition coefficient (Wildman–Crippen LogP) is 0.649. The van der Waals surface area contributed by atoms with Crippen LogP contribution in [0, 0.1) is 0 Å². The molecule has 1 aromatic carbocycles. The van der Waals surface area contributed by atoms with Crippen LogP contribution < -0.4 is 16.0 Å². The molecular weight excluding hydrogens is 242 g/mol. The van der Waals surface area contributed by atoms with E-state index in [1.807, 2.05) is 24.3 Å². The summed E-state index contributed by atoms with van der Waals surface area (Å²) in [4.78, 5) is 14.6. The van der Waals surface area contributed by atoms with Crippen LogP contribution in [0.5, 0.6) is 5.75 Å². The largest absolute Gasteiger partial charge is 0.496 e. The monoisotopic (exact) mass is 263 g/mol. The third-order valence-corrected chi connectivity index (χ3v) is 4.03. The zero-order valence-corrected chi connectivity index (χ0v) is 11.5. The standard InChI is InChI=1S/C14H21N3O2/c1-17-9-7-14(8-10-17,13(18)16-15)11-5-3-4-6-12(11)19-2/h3-6H,7-10,15H2,1-2H3,(H,16,18). The summed E-state index contributed by atoms with van der Waals surface area (Å²) in [5, 5.41) is 0. The highest BCUT2D eigenvalue weighted by Crippen LogP contribution is 2.40. The molecule has 0 bridgehead atoms. The lowest BCUT2D eigenvalue weighted by molar-refractivity contribution is -0.128. The van der Waals surface area contributed by atoms with E-state index in [2.05, 4.69) is 17.4 Å². The number of piperidine rings is 1. The van der Waals surface area contributed by atoms with Gasteiger partial charge in [0.2, 0.25) is 5.91 Å². The molecule has 1 aliphatic rings. The maximum Gasteiger partial charge on any atom is 0.244 e. The molecule has 0 atom stereocenters. The van der Waals surface area contributed by atoms with E-state index in [0.29, 0.717) is 0 Å². The molecule has 104 valence electrons. The fourth-order valence-corrected chi connectivity index (χ4v) is 2.80. The van der Waals surface area contributed by atoms with Crippen molar-refractivity contribution in [3.63, 3.8) is 0 Å². The van der Waals surface area contributed by atoms with Crippen LogP contribution in [0.2, 0.25) is 0 Å². The number of methoxy groups -OCH3 is 1. The molecule has 1 heterocycles. The minimum atomic E-state index is -0.589. The van der Waals surface area contributed by atoms with Gasteiger partial charge in [-0.25, -0.2) is 5.84 Å². The van der Waals surface area contributed by atoms with E-state index in [9.17, 15) is 4.79 Å². The minimum Gasteiger partial charge on any atom is -0.496 e. The molecule has 1 amide bonds. The van der Waals surface area contributed by atoms with E-state index in [-0.39, 0.29) is 5.91 Å². The van der Waals surface area contributed by atoms with Crippen molar-refractivity contribution in [3.8, 4) is 5.75 Å². The van der Waals surface area contributed by atoms with Gasteiger partial charge in [0.25, 0.3) is 0 Å². The highest BCUT2D eigenvalue weighted by molar-refractivity contribution is 5.88. The first-order chi connectivity index (χ1) is 9.14. The fourth-order valence-electron chi connectivity index (χ4n) is 2.80. The SMILES string of the molecule is COc1ccccc1C1(C(=O)NN)CCN(C)CC1. The Morgan fingerprint density at radius 3 is 2.58 bits per heavy atom. The molecule has 1 saturated heterocycles. The van der Waals surface area contributed by atoms with Crippen molar-refractivity contribution in [2.24, 2.45) is 5.84 Å². The zero-order chi connectivity index (χ0) is 13.9. The third-order valence-electron chi connectivity index (χ3n) is 4.03. The van der Waals surface area contributed by atoms with Crippen molar-refractivity contribution in [1.29, 1.82) is 0 Å². The summed E-state index contributed by atoms with van der Waals surface area (Å²) >= 11 is 0. The van der Waals surface area contributed by atoms with Gasteiger partial charge in [-0.1, -0.05) is 18.2 Å². The van der Waals surface area contributed by atoms with Crippen LogP contribution >= 0.6 is 0 Å². The van der Waals surface area contributed by atoms with Gasteiger partial charge in [-0.2, -0.15) is 0 Å². The fraction of sp³-hybridized carbons (Fsp3) is 0.500. The quantitative estimate of drug-likeness (QED) is 0.477. The molecule has 0 radical (unpaired) electrons. The Labute approximate surface area is 113 Å². The van der Waals surface area contributed by atoms with Gasteiger partial charge in [0.1, 0.15) is 5.75 Å². The number of hydrazine groups is 1. The summed E-state index contributed by atoms with van der Waals surface area (Å²) < 4.78 is 5.41. The van der Waals surface area contributed by atoms with E-state index in [1.54, 1.807) is 7.11 Å². The van der Waals surface area contributed by atoms with E-state index < -0.39 is 5.41 Å². The number of amides is 1. The number of ether oxygens (including phenoxy) is 1. The van der Waals surface area contributed by atoms with Crippen LogP contribution in [0.3, 0.4) is 0 Å². The number of benzene rings is 1. The molecule has 5 nitrogen and oxygen atoms in total. The average Bonchev–Trinajstić information content (AvgIpc) is 2.47. The highest BCUT2D eigenvalue weighted by Gasteiger charge is 2.43. The van der Waals surface area contributed by atoms with Crippen molar-refractivity contribution in [1.82, 2.24) is 10.3 Å². The predicted molar refractivity (Wildman–Crippen MR) is 73.7 cm³/mol. The van der Waals surface area contributed by atoms with Gasteiger partial charge in [0, 0.05) is 5.56 Å². The Balaban J connectivity index is 2.46. The lowest BCUT2D eigenvalue weighted by Crippen LogP contribution is -2.52. The Morgan fingerprint density at radius 1 is 1.37 bits per heavy atom. The second kappa shape index (κ2) is 5.59. The van der Waals surface area contributed by atoms with Crippen LogP contribution in [0.4, 0.5) is 0 Å². The van der Waals surface area contributed by atoms with E-state index in [0.717, 1.165) is 37.2 Å². The number of hydrogen-bond donors (Lipinski definition) is 2. The van der Waals surface area contributed by atoms with Gasteiger partial charge in [-0.3, -0.25) is 10.2 Å². The van der Waals surface area contributed by atoms with Crippen LogP contribution in [0.1, 0.15) is 18.4 Å². The number of rotatable bonds is 3. The summed E-state index contributed by atoms with van der Waals surface area (Å²) in [6.07, 6.45) is 1.49. The summed E-state index contributed by atoms with van der Waals surface area (Å²) in [6.45, 7) is 1.73. The molecule has 19 heavy (non-hydrogen) atoms. The summed E-state index contributed by atoms with van der Waals surface area (Å²) in [5.74, 6) is 6.01. The van der Waals surface area contributed by atoms with E-state index in [1.165, 1.54) is 0 Å². The summed E-state index contributed by atoms with van der Waals surface area (Å²) in [5.41, 5.74) is 2.66. The van der Waals surface area contributed by atoms with E-state index in [4.69, 9.17) is 10.6 Å². The lowest BCUT2D eigenvalue weighted by atomic mass is 9.71. The molecular formula is C14H21N3O2. The van der Waals surface area contributed by atoms with Crippen molar-refractivity contribution < 1.29 is 9.53 Å². The van der Waals surface area contributed by atoms with E-state index >= 15 is 0 Å². The number of nitrogens with one attached hydrogen (secondary N) is 1. The van der Waals surface area contributed by atoms with Crippen LogP contribution in [-0.2, 0) is 10.2 Å². The van der Waals surface area contributed by atoms with Crippen molar-refractivity contribution in [3.05, 3.63) is 29.8 Å². The molecule has 2 rings (SSSR count). The third kappa shape index (κ3) is 2.43. The molecule has 1 aliphatic heterocycles. The molecule has 1 fully saturated rings. The van der Waals surface area contributed by atoms with Crippen molar-refractivity contribution in [2.45, 2.75) is 18.3 Å². The first-order valence-corrected chi connectivity index (χ1v) is 6.47. The van der Waals surface area contributed by atoms with Crippen LogP contribution in [0.15, 0.2) is 24.3 Å². The first-order valence-electron chi connectivity index (χ1n) is 6.47. The molecule has 3 N–H and O–H groups in total. The Morgan fingerprint density at radius 2 is 2.00 bits per heavy atom. The Kier molecular flexibility index (Phi) is 4.07.